The summed E-state index contributed by atoms with van der Waals surface area (Å²) >= 11 is 0. The van der Waals surface area contributed by atoms with Crippen LogP contribution in [-0.4, -0.2) is 0 Å². The van der Waals surface area contributed by atoms with Gasteiger partial charge in [-0.15, -0.1) is 11.1 Å². The van der Waals surface area contributed by atoms with Crippen LogP contribution in [0.1, 0.15) is 62.1 Å². The smallest absolute Gasteiger partial charge is 0 e. The Bertz CT molecular complexity index is 510. The van der Waals surface area contributed by atoms with Gasteiger partial charge in [-0.1, -0.05) is 63.4 Å². The summed E-state index contributed by atoms with van der Waals surface area (Å²) in [5, 5.41) is 0. The van der Waals surface area contributed by atoms with Gasteiger partial charge >= 0.3 is 0 Å². The predicted molar refractivity (Wildman–Crippen MR) is 89.0 cm³/mol. The molecule has 0 heterocycles. The largest absolute Gasteiger partial charge is 0.358 e. The minimum absolute atomic E-state index is 0. The fourth-order valence-electron chi connectivity index (χ4n) is 2.96. The van der Waals surface area contributed by atoms with Crippen molar-refractivity contribution in [2.45, 2.75) is 45.4 Å². The molecular formula is C20H26WY-2. The van der Waals surface area contributed by atoms with E-state index in [4.69, 9.17) is 0 Å². The summed E-state index contributed by atoms with van der Waals surface area (Å²) in [6.45, 7) is 6.33. The van der Waals surface area contributed by atoms with E-state index in [2.05, 4.69) is 55.5 Å². The van der Waals surface area contributed by atoms with E-state index in [1.54, 1.807) is 0 Å². The number of hydrogen-bond acceptors (Lipinski definition) is 0. The summed E-state index contributed by atoms with van der Waals surface area (Å²) < 4.78 is 0. The molecule has 1 aliphatic carbocycles. The first-order valence-electron chi connectivity index (χ1n) is 7.41. The molecule has 1 aliphatic rings. The van der Waals surface area contributed by atoms with Gasteiger partial charge in [-0.3, -0.25) is 0 Å². The molecule has 0 N–H and O–H groups in total. The van der Waals surface area contributed by atoms with E-state index in [1.165, 1.54) is 29.5 Å². The summed E-state index contributed by atoms with van der Waals surface area (Å²) in [5.41, 5.74) is 4.45. The van der Waals surface area contributed by atoms with E-state index in [1.807, 2.05) is 19.9 Å². The number of fused-ring (bicyclic) bond motifs is 1. The molecule has 117 valence electrons. The van der Waals surface area contributed by atoms with Gasteiger partial charge in [0.1, 0.15) is 0 Å². The Labute approximate surface area is 176 Å². The molecule has 2 unspecified atom stereocenters. The average molecular weight is 539 g/mol. The Morgan fingerprint density at radius 3 is 2.23 bits per heavy atom. The summed E-state index contributed by atoms with van der Waals surface area (Å²) in [6.07, 6.45) is 2.55. The van der Waals surface area contributed by atoms with Crippen molar-refractivity contribution in [2.75, 3.05) is 0 Å². The van der Waals surface area contributed by atoms with Gasteiger partial charge in [-0.25, -0.2) is 0 Å². The zero-order valence-corrected chi connectivity index (χ0v) is 19.9. The SMILES string of the molecule is CC.CC1CCC(c2ccccc2)c2cc[c-]cc21.[CH3-].[W].[Y]. The Hall–Kier alpha value is 0.232. The molecule has 0 bridgehead atoms. The van der Waals surface area contributed by atoms with Gasteiger partial charge in [0.15, 0.2) is 0 Å². The second-order valence-electron chi connectivity index (χ2n) is 5.00. The third-order valence-electron chi connectivity index (χ3n) is 3.93. The Morgan fingerprint density at radius 2 is 1.59 bits per heavy atom. The minimum atomic E-state index is 0. The van der Waals surface area contributed by atoms with Gasteiger partial charge in [-0.05, 0) is 17.9 Å². The first-order chi connectivity index (χ1) is 9.36. The maximum atomic E-state index is 3.22. The number of benzene rings is 2. The van der Waals surface area contributed by atoms with Crippen LogP contribution in [0.5, 0.6) is 0 Å². The van der Waals surface area contributed by atoms with Crippen molar-refractivity contribution in [1.29, 1.82) is 0 Å². The van der Waals surface area contributed by atoms with Crippen molar-refractivity contribution < 1.29 is 53.8 Å². The minimum Gasteiger partial charge on any atom is -0.358 e. The van der Waals surface area contributed by atoms with Gasteiger partial charge in [0.2, 0.25) is 0 Å². The van der Waals surface area contributed by atoms with Crippen molar-refractivity contribution in [3.8, 4) is 0 Å². The maximum absolute atomic E-state index is 3.22. The molecule has 0 aromatic heterocycles. The topological polar surface area (TPSA) is 0 Å². The monoisotopic (exact) mass is 539 g/mol. The van der Waals surface area contributed by atoms with Gasteiger partial charge < -0.3 is 7.43 Å². The van der Waals surface area contributed by atoms with E-state index >= 15 is 0 Å². The second kappa shape index (κ2) is 12.6. The number of hydrogen-bond donors (Lipinski definition) is 0. The van der Waals surface area contributed by atoms with Crippen molar-refractivity contribution in [1.82, 2.24) is 0 Å². The molecule has 0 aliphatic heterocycles. The van der Waals surface area contributed by atoms with Crippen LogP contribution in [0.15, 0.2) is 48.5 Å². The third-order valence-corrected chi connectivity index (χ3v) is 3.93. The molecule has 0 amide bonds. The van der Waals surface area contributed by atoms with Crippen LogP contribution in [0.2, 0.25) is 0 Å². The molecule has 0 fully saturated rings. The van der Waals surface area contributed by atoms with Crippen LogP contribution < -0.4 is 0 Å². The molecule has 3 rings (SSSR count). The van der Waals surface area contributed by atoms with Crippen LogP contribution in [0.3, 0.4) is 0 Å². The van der Waals surface area contributed by atoms with Crippen molar-refractivity contribution in [3.05, 3.63) is 78.7 Å². The van der Waals surface area contributed by atoms with E-state index < -0.39 is 0 Å². The molecule has 0 saturated carbocycles. The molecule has 0 spiro atoms. The van der Waals surface area contributed by atoms with Gasteiger partial charge in [-0.2, -0.15) is 24.3 Å². The molecule has 0 saturated heterocycles. The van der Waals surface area contributed by atoms with Crippen LogP contribution in [0.4, 0.5) is 0 Å². The average Bonchev–Trinajstić information content (AvgIpc) is 2.51. The second-order valence-corrected chi connectivity index (χ2v) is 5.00. The Morgan fingerprint density at radius 1 is 0.955 bits per heavy atom. The molecular weight excluding hydrogens is 513 g/mol. The Kier molecular flexibility index (Phi) is 14.1. The maximum Gasteiger partial charge on any atom is 0 e. The first-order valence-corrected chi connectivity index (χ1v) is 7.41. The third kappa shape index (κ3) is 5.70. The van der Waals surface area contributed by atoms with E-state index in [0.29, 0.717) is 11.8 Å². The normalized spacial score (nSPS) is 18.1. The van der Waals surface area contributed by atoms with Gasteiger partial charge in [0, 0.05) is 53.8 Å². The van der Waals surface area contributed by atoms with Crippen molar-refractivity contribution >= 4 is 0 Å². The van der Waals surface area contributed by atoms with Crippen molar-refractivity contribution in [3.63, 3.8) is 0 Å². The fraction of sp³-hybridized carbons (Fsp3) is 0.350. The number of rotatable bonds is 1. The zero-order chi connectivity index (χ0) is 13.7. The summed E-state index contributed by atoms with van der Waals surface area (Å²) in [4.78, 5) is 0. The van der Waals surface area contributed by atoms with Crippen molar-refractivity contribution in [2.24, 2.45) is 0 Å². The molecule has 2 aromatic rings. The molecule has 0 nitrogen and oxygen atoms in total. The molecule has 2 heteroatoms. The standard InChI is InChI=1S/C17H17.C2H6.CH3.W.Y/c1-13-11-12-16(14-7-3-2-4-8-14)17-10-6-5-9-15(13)17;1-2;;;/h2-4,6-10,13,16H,11-12H2,1H3;1-2H3;1H3;;/q-1;;-1;;. The fourth-order valence-corrected chi connectivity index (χ4v) is 2.96. The van der Waals surface area contributed by atoms with Crippen LogP contribution in [-0.2, 0) is 53.8 Å². The summed E-state index contributed by atoms with van der Waals surface area (Å²) in [5.74, 6) is 1.26. The summed E-state index contributed by atoms with van der Waals surface area (Å²) in [7, 11) is 0. The first kappa shape index (κ1) is 24.5. The molecule has 2 atom stereocenters. The van der Waals surface area contributed by atoms with E-state index in [0.717, 1.165) is 0 Å². The zero-order valence-electron chi connectivity index (χ0n) is 14.2. The molecule has 1 radical (unpaired) electrons. The van der Waals surface area contributed by atoms with E-state index in [-0.39, 0.29) is 61.2 Å². The van der Waals surface area contributed by atoms with Crippen LogP contribution in [0.25, 0.3) is 0 Å². The molecule has 22 heavy (non-hydrogen) atoms. The summed E-state index contributed by atoms with van der Waals surface area (Å²) in [6, 6.07) is 20.6. The van der Waals surface area contributed by atoms with Gasteiger partial charge in [0.25, 0.3) is 0 Å². The quantitative estimate of drug-likeness (QED) is 0.391. The predicted octanol–water partition coefficient (Wildman–Crippen LogP) is 5.99. The molecule has 2 aromatic carbocycles. The van der Waals surface area contributed by atoms with E-state index in [9.17, 15) is 0 Å². The van der Waals surface area contributed by atoms with Crippen LogP contribution >= 0.6 is 0 Å². The van der Waals surface area contributed by atoms with Crippen LogP contribution in [0, 0.1) is 13.5 Å². The van der Waals surface area contributed by atoms with Gasteiger partial charge in [0.05, 0.1) is 0 Å². The Balaban J connectivity index is 0.